The summed E-state index contributed by atoms with van der Waals surface area (Å²) in [6.07, 6.45) is 5.21. The Bertz CT molecular complexity index is 3000. The van der Waals surface area contributed by atoms with Crippen LogP contribution in [-0.2, 0) is 29.5 Å². The van der Waals surface area contributed by atoms with Crippen molar-refractivity contribution in [2.45, 2.75) is 62.5 Å². The predicted molar refractivity (Wildman–Crippen MR) is 283 cm³/mol. The second kappa shape index (κ2) is 25.2. The largest absolute Gasteiger partial charge is 0.492 e. The lowest BCUT2D eigenvalue weighted by Gasteiger charge is -2.29. The van der Waals surface area contributed by atoms with Crippen molar-refractivity contribution in [2.24, 2.45) is 0 Å². The van der Waals surface area contributed by atoms with Crippen molar-refractivity contribution in [2.75, 3.05) is 59.5 Å². The maximum Gasteiger partial charge on any atom is 0.410 e. The molecule has 0 aliphatic carbocycles. The van der Waals surface area contributed by atoms with Gasteiger partial charge in [0.15, 0.2) is 0 Å². The highest BCUT2D eigenvalue weighted by Gasteiger charge is 2.28. The lowest BCUT2D eigenvalue weighted by Crippen LogP contribution is -2.43. The van der Waals surface area contributed by atoms with E-state index in [0.29, 0.717) is 52.0 Å². The van der Waals surface area contributed by atoms with E-state index in [9.17, 15) is 26.4 Å². The van der Waals surface area contributed by atoms with Crippen LogP contribution in [0.15, 0.2) is 128 Å². The highest BCUT2D eigenvalue weighted by atomic mass is 79.9. The molecule has 0 aliphatic heterocycles. The van der Waals surface area contributed by atoms with Gasteiger partial charge in [-0.3, -0.25) is 9.97 Å². The number of carbonyl (C=O) groups excluding carboxylic acids is 2. The van der Waals surface area contributed by atoms with Gasteiger partial charge in [-0.15, -0.1) is 0 Å². The van der Waals surface area contributed by atoms with Crippen molar-refractivity contribution in [3.63, 3.8) is 0 Å². The molecule has 0 saturated heterocycles. The number of likely N-dealkylation sites (N-methyl/N-ethyl adjacent to an activating group) is 1. The standard InChI is InChI=1S/C25H29BrClN3O5S.C24H27BrClN3O5S/c1-25(2,3)35-24(31)30(13-14-34-21-7-5-20(27)6-8-21)12-11-29(4)36(32,33)23-16-19(26)15-18-17-28-10-9-22(18)23;1-24(2,3)34-23(30)29(12-13-33-20-6-4-19(26)5-7-20)11-10-28-35(31,32)22-15-18(25)14-17-16-27-9-8-21(17)22/h5-10,15-17H,11-14H2,1-4H3;4-9,14-16,28H,10-13H2,1-3H3. The van der Waals surface area contributed by atoms with Crippen LogP contribution in [0, 0.1) is 0 Å². The maximum atomic E-state index is 13.5. The Morgan fingerprint density at radius 1 is 0.606 bits per heavy atom. The van der Waals surface area contributed by atoms with Crippen molar-refractivity contribution in [3.8, 4) is 11.5 Å². The van der Waals surface area contributed by atoms with Crippen LogP contribution in [0.5, 0.6) is 11.5 Å². The van der Waals surface area contributed by atoms with Crippen LogP contribution in [0.4, 0.5) is 9.59 Å². The summed E-state index contributed by atoms with van der Waals surface area (Å²) in [4.78, 5) is 36.8. The van der Waals surface area contributed by atoms with E-state index in [1.807, 2.05) is 6.07 Å². The third kappa shape index (κ3) is 17.7. The molecule has 2 heterocycles. The van der Waals surface area contributed by atoms with Gasteiger partial charge in [-0.25, -0.2) is 31.1 Å². The van der Waals surface area contributed by atoms with Crippen molar-refractivity contribution < 1.29 is 45.4 Å². The third-order valence-electron chi connectivity index (χ3n) is 9.89. The molecule has 0 spiro atoms. The molecule has 6 rings (SSSR count). The summed E-state index contributed by atoms with van der Waals surface area (Å²) in [6, 6.07) is 23.8. The fraction of sp³-hybridized carbons (Fsp3) is 0.347. The number of aromatic nitrogens is 2. The molecule has 6 aromatic rings. The summed E-state index contributed by atoms with van der Waals surface area (Å²) in [5.41, 5.74) is -1.40. The smallest absolute Gasteiger partial charge is 0.410 e. The van der Waals surface area contributed by atoms with Crippen LogP contribution in [-0.4, -0.2) is 124 Å². The lowest BCUT2D eigenvalue weighted by molar-refractivity contribution is 0.0216. The first-order chi connectivity index (χ1) is 33.3. The molecule has 71 heavy (non-hydrogen) atoms. The quantitative estimate of drug-likeness (QED) is 0.0859. The Morgan fingerprint density at radius 3 is 1.48 bits per heavy atom. The Kier molecular flexibility index (Phi) is 20.3. The third-order valence-corrected chi connectivity index (χ3v) is 14.7. The van der Waals surface area contributed by atoms with E-state index in [-0.39, 0.29) is 62.3 Å². The number of hydrogen-bond donors (Lipinski definition) is 1. The number of halogens is 4. The first-order valence-electron chi connectivity index (χ1n) is 22.1. The summed E-state index contributed by atoms with van der Waals surface area (Å²) in [5, 5.41) is 3.70. The van der Waals surface area contributed by atoms with E-state index >= 15 is 0 Å². The van der Waals surface area contributed by atoms with Crippen molar-refractivity contribution in [1.82, 2.24) is 28.8 Å². The minimum absolute atomic E-state index is 0.0123. The predicted octanol–water partition coefficient (Wildman–Crippen LogP) is 10.8. The van der Waals surface area contributed by atoms with E-state index in [2.05, 4.69) is 46.5 Å². The average molecular weight is 1180 g/mol. The molecule has 0 fully saturated rings. The molecule has 2 amide bonds. The number of amides is 2. The molecule has 382 valence electrons. The van der Waals surface area contributed by atoms with Gasteiger partial charge in [0, 0.05) is 98.5 Å². The molecule has 22 heteroatoms. The lowest BCUT2D eigenvalue weighted by atomic mass is 10.2. The summed E-state index contributed by atoms with van der Waals surface area (Å²) >= 11 is 18.5. The molecule has 16 nitrogen and oxygen atoms in total. The van der Waals surface area contributed by atoms with E-state index in [1.165, 1.54) is 27.2 Å². The Hall–Kier alpha value is -4.80. The van der Waals surface area contributed by atoms with E-state index in [1.54, 1.807) is 139 Å². The van der Waals surface area contributed by atoms with Gasteiger partial charge >= 0.3 is 12.2 Å². The second-order valence-electron chi connectivity index (χ2n) is 17.8. The van der Waals surface area contributed by atoms with Gasteiger partial charge < -0.3 is 28.7 Å². The molecular formula is C49H56Br2Cl2N6O10S2. The number of benzene rings is 4. The summed E-state index contributed by atoms with van der Waals surface area (Å²) in [5.74, 6) is 1.22. The molecular weight excluding hydrogens is 1130 g/mol. The molecule has 0 unspecified atom stereocenters. The van der Waals surface area contributed by atoms with Gasteiger partial charge in [0.25, 0.3) is 0 Å². The number of sulfonamides is 2. The van der Waals surface area contributed by atoms with E-state index in [0.717, 1.165) is 0 Å². The van der Waals surface area contributed by atoms with Crippen LogP contribution in [0.1, 0.15) is 41.5 Å². The van der Waals surface area contributed by atoms with Gasteiger partial charge in [-0.1, -0.05) is 55.1 Å². The fourth-order valence-electron chi connectivity index (χ4n) is 6.51. The normalized spacial score (nSPS) is 12.0. The minimum atomic E-state index is -3.86. The number of carbonyl (C=O) groups is 2. The number of rotatable bonds is 18. The second-order valence-corrected chi connectivity index (χ2v) is 24.2. The zero-order chi connectivity index (χ0) is 52.1. The first kappa shape index (κ1) is 57.1. The van der Waals surface area contributed by atoms with Crippen LogP contribution in [0.25, 0.3) is 21.5 Å². The molecule has 0 saturated carbocycles. The van der Waals surface area contributed by atoms with Crippen molar-refractivity contribution in [1.29, 1.82) is 0 Å². The first-order valence-corrected chi connectivity index (χ1v) is 27.3. The molecule has 0 bridgehead atoms. The number of nitrogens with one attached hydrogen (secondary N) is 1. The number of pyridine rings is 2. The van der Waals surface area contributed by atoms with Gasteiger partial charge in [0.1, 0.15) is 35.9 Å². The SMILES string of the molecule is CC(C)(C)OC(=O)N(CCNS(=O)(=O)c1cc(Br)cc2cnccc12)CCOc1ccc(Cl)cc1.CN(CCN(CCOc1ccc(Cl)cc1)C(=O)OC(C)(C)C)S(=O)(=O)c1cc(Br)cc2cnccc12. The number of fused-ring (bicyclic) bond motifs is 2. The highest BCUT2D eigenvalue weighted by molar-refractivity contribution is 9.10. The van der Waals surface area contributed by atoms with Gasteiger partial charge in [-0.05, 0) is 126 Å². The minimum Gasteiger partial charge on any atom is -0.492 e. The number of nitrogens with zero attached hydrogens (tertiary/aromatic N) is 5. The van der Waals surface area contributed by atoms with Crippen LogP contribution in [0.3, 0.4) is 0 Å². The fourth-order valence-corrected chi connectivity index (χ4v) is 10.7. The summed E-state index contributed by atoms with van der Waals surface area (Å²) in [7, 11) is -6.24. The zero-order valence-corrected chi connectivity index (χ0v) is 46.5. The van der Waals surface area contributed by atoms with Crippen LogP contribution < -0.4 is 14.2 Å². The maximum absolute atomic E-state index is 13.5. The molecule has 0 radical (unpaired) electrons. The number of ether oxygens (including phenoxy) is 4. The van der Waals surface area contributed by atoms with Crippen LogP contribution >= 0.6 is 55.1 Å². The molecule has 0 atom stereocenters. The average Bonchev–Trinajstić information content (AvgIpc) is 3.29. The van der Waals surface area contributed by atoms with E-state index in [4.69, 9.17) is 42.1 Å². The van der Waals surface area contributed by atoms with Gasteiger partial charge in [0.05, 0.1) is 22.9 Å². The van der Waals surface area contributed by atoms with Gasteiger partial charge in [-0.2, -0.15) is 4.31 Å². The van der Waals surface area contributed by atoms with Gasteiger partial charge in [0.2, 0.25) is 20.0 Å². The zero-order valence-electron chi connectivity index (χ0n) is 40.2. The molecule has 0 aliphatic rings. The number of hydrogen-bond acceptors (Lipinski definition) is 12. The van der Waals surface area contributed by atoms with Crippen LogP contribution in [0.2, 0.25) is 10.0 Å². The summed E-state index contributed by atoms with van der Waals surface area (Å²) in [6.45, 7) is 11.7. The Labute approximate surface area is 442 Å². The molecule has 2 aromatic heterocycles. The van der Waals surface area contributed by atoms with Crippen molar-refractivity contribution >= 4 is 109 Å². The van der Waals surface area contributed by atoms with Crippen molar-refractivity contribution in [3.05, 3.63) is 129 Å². The highest BCUT2D eigenvalue weighted by Crippen LogP contribution is 2.30. The van der Waals surface area contributed by atoms with E-state index < -0.39 is 43.4 Å². The monoisotopic (exact) mass is 1180 g/mol. The molecule has 1 N–H and O–H groups in total. The molecule has 4 aromatic carbocycles. The topological polar surface area (TPSA) is 187 Å². The Morgan fingerprint density at radius 2 is 1.03 bits per heavy atom. The Balaban J connectivity index is 0.000000264. The summed E-state index contributed by atoms with van der Waals surface area (Å²) < 4.78 is 80.6.